The highest BCUT2D eigenvalue weighted by Gasteiger charge is 2.33. The van der Waals surface area contributed by atoms with E-state index in [4.69, 9.17) is 0 Å². The van der Waals surface area contributed by atoms with Gasteiger partial charge in [-0.15, -0.1) is 0 Å². The maximum Gasteiger partial charge on any atom is 0.234 e. The van der Waals surface area contributed by atoms with Gasteiger partial charge in [0.05, 0.1) is 65.8 Å². The van der Waals surface area contributed by atoms with Gasteiger partial charge in [0.15, 0.2) is 0 Å². The van der Waals surface area contributed by atoms with Crippen LogP contribution in [0.3, 0.4) is 0 Å². The highest BCUT2D eigenvalue weighted by atomic mass is 127. The fourth-order valence-corrected chi connectivity index (χ4v) is 18.8. The van der Waals surface area contributed by atoms with Crippen molar-refractivity contribution >= 4 is 242 Å². The second-order valence-corrected chi connectivity index (χ2v) is 42.0. The first-order valence-electron chi connectivity index (χ1n) is 51.3. The molecule has 6 aliphatic heterocycles. The maximum atomic E-state index is 12.0. The first kappa shape index (κ1) is 137. The van der Waals surface area contributed by atoms with Crippen LogP contribution >= 0.6 is 136 Å². The summed E-state index contributed by atoms with van der Waals surface area (Å²) in [5, 5.41) is 49.2. The van der Waals surface area contributed by atoms with Crippen LogP contribution in [0.5, 0.6) is 0 Å². The number of rotatable bonds is 54. The van der Waals surface area contributed by atoms with Crippen molar-refractivity contribution in [1.82, 2.24) is 125 Å². The molecule has 48 heteroatoms. The van der Waals surface area contributed by atoms with Crippen molar-refractivity contribution in [3.63, 3.8) is 0 Å². The molecule has 6 fully saturated rings. The maximum absolute atomic E-state index is 12.0. The van der Waals surface area contributed by atoms with Gasteiger partial charge < -0.3 is 95.7 Å². The van der Waals surface area contributed by atoms with Crippen LogP contribution in [0.25, 0.3) is 0 Å². The normalized spacial score (nSPS) is 21.1. The van der Waals surface area contributed by atoms with Gasteiger partial charge >= 0.3 is 0 Å². The Bertz CT molecular complexity index is 3150. The molecule has 828 valence electrons. The fraction of sp³-hybridized carbons (Fsp3) is 0.812. The summed E-state index contributed by atoms with van der Waals surface area (Å²) in [6.45, 7) is 35.2. The van der Waals surface area contributed by atoms with Crippen LogP contribution in [-0.2, 0) is 86.3 Å². The highest BCUT2D eigenvalue weighted by Crippen LogP contribution is 2.27. The molecule has 0 aromatic carbocycles. The van der Waals surface area contributed by atoms with Crippen LogP contribution in [0.2, 0.25) is 0 Å². The summed E-state index contributed by atoms with van der Waals surface area (Å²) in [4.78, 5) is 222. The Kier molecular flexibility index (Phi) is 79.9. The number of piperidine rings is 6. The number of nitrogens with one attached hydrogen (secondary N) is 18. The monoisotopic (exact) mass is 2740 g/mol. The molecule has 0 aromatic rings. The second-order valence-electron chi connectivity index (χ2n) is 37.4. The van der Waals surface area contributed by atoms with Gasteiger partial charge in [-0.1, -0.05) is 174 Å². The van der Waals surface area contributed by atoms with Crippen LogP contribution in [0.1, 0.15) is 237 Å². The number of hydrogen-bond acceptors (Lipinski definition) is 24. The number of carbonyl (C=O) groups is 18. The third kappa shape index (κ3) is 67.7. The summed E-state index contributed by atoms with van der Waals surface area (Å²) in [5.41, 5.74) is 0. The molecule has 12 atom stereocenters. The lowest BCUT2D eigenvalue weighted by Gasteiger charge is -2.38. The van der Waals surface area contributed by atoms with E-state index in [9.17, 15) is 86.3 Å². The molecule has 12 unspecified atom stereocenters. The van der Waals surface area contributed by atoms with Crippen molar-refractivity contribution in [2.45, 2.75) is 310 Å². The Balaban J connectivity index is 0.000000864. The lowest BCUT2D eigenvalue weighted by molar-refractivity contribution is -0.125. The molecule has 6 rings (SSSR count). The first-order chi connectivity index (χ1) is 68.6. The molecule has 6 saturated heterocycles. The molecular weight excluding hydrogens is 2570 g/mol. The van der Waals surface area contributed by atoms with Gasteiger partial charge in [0.25, 0.3) is 0 Å². The standard InChI is InChI=1S/6C16H29IN4O3/c6*1-12-4-3-5-13(2)21(12)11-16(24)18-7-6-14(22)19-8-9-20-15(23)10-17/h6*12-13H,3-11H2,1-2H3,(H,18,24)(H,19,22)(H,20,23)/i6+1,7+1,14+1,16+1,21+1;6+1,7+1,14+1,16+1,18+1;1+1,2+1,7+1,16+1,21+1;1+1,2+1,7+1,16+1,18+1;1+1,2+1,12+1,21+1;1+1,2+1,12+1,18+1. The van der Waals surface area contributed by atoms with E-state index in [0.717, 1.165) is 77.0 Å². The number of amides is 18. The molecule has 0 aliphatic carbocycles. The Morgan fingerprint density at radius 2 is 0.243 bits per heavy atom. The van der Waals surface area contributed by atoms with Crippen molar-refractivity contribution in [2.24, 2.45) is 0 Å². The average molecular weight is 2740 g/mol. The number of likely N-dealkylation sites (tertiary alicyclic amines) is 6. The molecular formula is C96H174I6N24O18. The van der Waals surface area contributed by atoms with Gasteiger partial charge in [0.1, 0.15) is 0 Å². The molecule has 0 radical (unpaired) electrons. The summed E-state index contributed by atoms with van der Waals surface area (Å²) in [7, 11) is 0. The van der Waals surface area contributed by atoms with E-state index < -0.39 is 0 Å². The Hall–Kier alpha value is -5.40. The average Bonchev–Trinajstić information content (AvgIpc) is 0.887. The number of hydrogen-bond donors (Lipinski definition) is 18. The molecule has 6 heterocycles. The lowest BCUT2D eigenvalue weighted by Crippen LogP contribution is -2.49. The van der Waals surface area contributed by atoms with Gasteiger partial charge in [-0.3, -0.25) is 116 Å². The molecule has 0 aromatic heterocycles. The van der Waals surface area contributed by atoms with Crippen LogP contribution in [0.15, 0.2) is 0 Å². The van der Waals surface area contributed by atoms with E-state index in [-0.39, 0.29) is 145 Å². The minimum Gasteiger partial charge on any atom is -0.354 e. The van der Waals surface area contributed by atoms with E-state index in [1.54, 1.807) is 0 Å². The third-order valence-corrected chi connectivity index (χ3v) is 29.8. The van der Waals surface area contributed by atoms with Gasteiger partial charge in [-0.2, -0.15) is 0 Å². The van der Waals surface area contributed by atoms with Crippen LogP contribution < -0.4 is 95.7 Å². The Morgan fingerprint density at radius 1 is 0.153 bits per heavy atom. The molecule has 144 heavy (non-hydrogen) atoms. The zero-order valence-electron chi connectivity index (χ0n) is 87.4. The van der Waals surface area contributed by atoms with Crippen molar-refractivity contribution in [2.75, 3.05) is 184 Å². The van der Waals surface area contributed by atoms with E-state index in [1.165, 1.54) is 38.5 Å². The van der Waals surface area contributed by atoms with Crippen LogP contribution in [0, 0.1) is 0 Å². The molecule has 0 bridgehead atoms. The van der Waals surface area contributed by atoms with Crippen molar-refractivity contribution in [3.8, 4) is 0 Å². The smallest absolute Gasteiger partial charge is 0.234 e. The van der Waals surface area contributed by atoms with E-state index in [2.05, 4.69) is 208 Å². The van der Waals surface area contributed by atoms with Crippen LogP contribution in [-0.4, -0.2) is 392 Å². The van der Waals surface area contributed by atoms with Gasteiger partial charge in [-0.05, 0) is 160 Å². The highest BCUT2D eigenvalue weighted by molar-refractivity contribution is 14.1. The predicted molar refractivity (Wildman–Crippen MR) is 612 cm³/mol. The van der Waals surface area contributed by atoms with Crippen molar-refractivity contribution < 1.29 is 86.3 Å². The number of carbonyl (C=O) groups excluding carboxylic acids is 18. The fourth-order valence-electron chi connectivity index (χ4n) is 17.2. The molecule has 0 spiro atoms. The molecule has 18 N–H and O–H groups in total. The summed E-state index contributed by atoms with van der Waals surface area (Å²) < 4.78 is 2.45. The van der Waals surface area contributed by atoms with Gasteiger partial charge in [0.2, 0.25) is 106 Å². The summed E-state index contributed by atoms with van der Waals surface area (Å²) in [6.07, 6.45) is 22.4. The predicted octanol–water partition coefficient (Wildman–Crippen LogP) is 2.54. The largest absolute Gasteiger partial charge is 0.354 e. The second kappa shape index (κ2) is 84.2. The first-order valence-corrected chi connectivity index (χ1v) is 60.5. The minimum atomic E-state index is -0.126. The third-order valence-electron chi connectivity index (χ3n) is 25.6. The Morgan fingerprint density at radius 3 is 0.340 bits per heavy atom. The van der Waals surface area contributed by atoms with Gasteiger partial charge in [0, 0.05) is 229 Å². The van der Waals surface area contributed by atoms with E-state index in [0.29, 0.717) is 256 Å². The molecule has 6 aliphatic rings. The summed E-state index contributed by atoms with van der Waals surface area (Å²) in [5.74, 6) is -1.20. The summed E-state index contributed by atoms with van der Waals surface area (Å²) >= 11 is 11.9. The topological polar surface area (TPSA) is 543 Å². The van der Waals surface area contributed by atoms with E-state index >= 15 is 0 Å². The SMILES string of the molecule is CC1CCCC(C)N1C[13C](=O)[15NH][13CH2][13CH2][13C](=O)NCCNC(=O)CI.CC1CCCC(C)[15N]1C[13C](=O)N[13CH2][13CH2][13C](=O)NCCNC(=O)CI.[13CH3]C1CCCC([13CH3])N1C[13C](=O)[15NH][13CH2]CC(=O)NCCNC(=O)CI.[13CH3]C1CCCC([13CH3])[15N]1C[13C](=O)N[13CH2]CC(=O)NCCNC(=O)CI.[13CH3]C1CCC[13CH]([13CH3])N1CC(=O)[15NH]CCC(=O)NCCNC(=O)CI.[13CH3]C1CCC[13CH]([13CH3])[15N]1CC(=O)NCCC(=O)NCCNC(=O)CI. The van der Waals surface area contributed by atoms with Gasteiger partial charge in [-0.25, -0.2) is 0 Å². The number of halogens is 6. The molecule has 42 nitrogen and oxygen atoms in total. The number of nitrogens with zero attached hydrogens (tertiary/aromatic N) is 6. The minimum absolute atomic E-state index is 0.0299. The van der Waals surface area contributed by atoms with Crippen molar-refractivity contribution in [3.05, 3.63) is 0 Å². The van der Waals surface area contributed by atoms with Crippen molar-refractivity contribution in [1.29, 1.82) is 0 Å². The zero-order valence-corrected chi connectivity index (χ0v) is 100. The summed E-state index contributed by atoms with van der Waals surface area (Å²) in [6, 6.07) is 5.17. The quantitative estimate of drug-likeness (QED) is 0.0137. The molecule has 0 saturated carbocycles. The Labute approximate surface area is 937 Å². The van der Waals surface area contributed by atoms with Crippen LogP contribution in [0.4, 0.5) is 0 Å². The lowest BCUT2D eigenvalue weighted by atomic mass is 9.98. The number of alkyl halides is 6. The zero-order chi connectivity index (χ0) is 108. The van der Waals surface area contributed by atoms with E-state index in [1.807, 2.05) is 136 Å². The molecule has 18 amide bonds.